The molecule has 3 amide bonds. The molecule has 0 spiro atoms. The number of fused-ring (bicyclic) bond motifs is 1. The Hall–Kier alpha value is -3.73. The molecule has 0 aliphatic carbocycles. The predicted molar refractivity (Wildman–Crippen MR) is 112 cm³/mol. The summed E-state index contributed by atoms with van der Waals surface area (Å²) in [7, 11) is 0. The third-order valence-electron chi connectivity index (χ3n) is 4.94. The Morgan fingerprint density at radius 3 is 2.17 bits per heavy atom. The minimum absolute atomic E-state index is 0.120. The number of aryl methyl sites for hydroxylation is 2. The van der Waals surface area contributed by atoms with Crippen LogP contribution in [-0.2, 0) is 11.2 Å². The number of amides is 3. The SMILES string of the molecule is Cc1ccc(CCC(=O)Nc2cccc(N3C(=O)c4ccccc4C3=O)c2)cc1. The fourth-order valence-electron chi connectivity index (χ4n) is 3.38. The van der Waals surface area contributed by atoms with Gasteiger partial charge in [0.15, 0.2) is 0 Å². The van der Waals surface area contributed by atoms with E-state index in [4.69, 9.17) is 0 Å². The van der Waals surface area contributed by atoms with Gasteiger partial charge in [-0.05, 0) is 49.2 Å². The molecule has 0 saturated carbocycles. The summed E-state index contributed by atoms with van der Waals surface area (Å²) < 4.78 is 0. The molecule has 5 heteroatoms. The Bertz CT molecular complexity index is 1070. The van der Waals surface area contributed by atoms with Crippen LogP contribution in [0.1, 0.15) is 38.3 Å². The molecule has 0 unspecified atom stereocenters. The van der Waals surface area contributed by atoms with E-state index in [1.165, 1.54) is 5.56 Å². The lowest BCUT2D eigenvalue weighted by atomic mass is 10.1. The summed E-state index contributed by atoms with van der Waals surface area (Å²) in [6.07, 6.45) is 0.991. The van der Waals surface area contributed by atoms with Crippen LogP contribution in [0.3, 0.4) is 0 Å². The van der Waals surface area contributed by atoms with Crippen molar-refractivity contribution >= 4 is 29.1 Å². The van der Waals surface area contributed by atoms with Crippen LogP contribution in [0.25, 0.3) is 0 Å². The van der Waals surface area contributed by atoms with Gasteiger partial charge >= 0.3 is 0 Å². The van der Waals surface area contributed by atoms with Gasteiger partial charge in [0.1, 0.15) is 0 Å². The molecule has 0 saturated heterocycles. The van der Waals surface area contributed by atoms with Crippen molar-refractivity contribution in [2.45, 2.75) is 19.8 Å². The van der Waals surface area contributed by atoms with E-state index in [0.29, 0.717) is 35.3 Å². The van der Waals surface area contributed by atoms with Crippen molar-refractivity contribution in [3.05, 3.63) is 95.1 Å². The van der Waals surface area contributed by atoms with Crippen molar-refractivity contribution in [3.8, 4) is 0 Å². The topological polar surface area (TPSA) is 66.5 Å². The fraction of sp³-hybridized carbons (Fsp3) is 0.125. The standard InChI is InChI=1S/C24H20N2O3/c1-16-9-11-17(12-10-16)13-14-22(27)25-18-5-4-6-19(15-18)26-23(28)20-7-2-3-8-21(20)24(26)29/h2-12,15H,13-14H2,1H3,(H,25,27). The molecule has 1 aliphatic rings. The summed E-state index contributed by atoms with van der Waals surface area (Å²) in [5.74, 6) is -0.827. The van der Waals surface area contributed by atoms with Crippen molar-refractivity contribution in [2.75, 3.05) is 10.2 Å². The van der Waals surface area contributed by atoms with Crippen molar-refractivity contribution < 1.29 is 14.4 Å². The maximum atomic E-state index is 12.6. The maximum Gasteiger partial charge on any atom is 0.266 e. The zero-order valence-corrected chi connectivity index (χ0v) is 16.0. The van der Waals surface area contributed by atoms with Gasteiger partial charge in [0, 0.05) is 12.1 Å². The van der Waals surface area contributed by atoms with Gasteiger partial charge in [-0.3, -0.25) is 14.4 Å². The molecule has 0 aromatic heterocycles. The van der Waals surface area contributed by atoms with E-state index in [-0.39, 0.29) is 17.7 Å². The monoisotopic (exact) mass is 384 g/mol. The van der Waals surface area contributed by atoms with Crippen molar-refractivity contribution in [3.63, 3.8) is 0 Å². The third-order valence-corrected chi connectivity index (χ3v) is 4.94. The Labute approximate surface area is 169 Å². The Balaban J connectivity index is 1.45. The van der Waals surface area contributed by atoms with Gasteiger partial charge in [-0.1, -0.05) is 48.0 Å². The first-order chi connectivity index (χ1) is 14.0. The molecule has 5 nitrogen and oxygen atoms in total. The van der Waals surface area contributed by atoms with Gasteiger partial charge in [-0.2, -0.15) is 0 Å². The molecular formula is C24H20N2O3. The minimum Gasteiger partial charge on any atom is -0.326 e. The van der Waals surface area contributed by atoms with E-state index in [0.717, 1.165) is 10.5 Å². The lowest BCUT2D eigenvalue weighted by Gasteiger charge is -2.15. The van der Waals surface area contributed by atoms with E-state index < -0.39 is 0 Å². The normalized spacial score (nSPS) is 12.8. The predicted octanol–water partition coefficient (Wildman–Crippen LogP) is 4.37. The number of nitrogens with zero attached hydrogens (tertiary/aromatic N) is 1. The largest absolute Gasteiger partial charge is 0.326 e. The number of hydrogen-bond acceptors (Lipinski definition) is 3. The highest BCUT2D eigenvalue weighted by molar-refractivity contribution is 6.34. The molecule has 0 fully saturated rings. The average molecular weight is 384 g/mol. The van der Waals surface area contributed by atoms with Crippen LogP contribution >= 0.6 is 0 Å². The average Bonchev–Trinajstić information content (AvgIpc) is 2.98. The minimum atomic E-state index is -0.353. The van der Waals surface area contributed by atoms with E-state index >= 15 is 0 Å². The summed E-state index contributed by atoms with van der Waals surface area (Å²) in [5, 5.41) is 2.85. The van der Waals surface area contributed by atoms with Crippen molar-refractivity contribution in [1.29, 1.82) is 0 Å². The van der Waals surface area contributed by atoms with E-state index in [1.54, 1.807) is 48.5 Å². The summed E-state index contributed by atoms with van der Waals surface area (Å²) >= 11 is 0. The third kappa shape index (κ3) is 3.80. The lowest BCUT2D eigenvalue weighted by Crippen LogP contribution is -2.29. The molecule has 0 bridgehead atoms. The summed E-state index contributed by atoms with van der Waals surface area (Å²) in [6.45, 7) is 2.03. The van der Waals surface area contributed by atoms with Crippen LogP contribution in [0.2, 0.25) is 0 Å². The van der Waals surface area contributed by atoms with Gasteiger partial charge in [-0.25, -0.2) is 4.90 Å². The molecule has 29 heavy (non-hydrogen) atoms. The molecule has 1 heterocycles. The highest BCUT2D eigenvalue weighted by Crippen LogP contribution is 2.29. The molecule has 3 aromatic rings. The number of imide groups is 1. The molecule has 144 valence electrons. The lowest BCUT2D eigenvalue weighted by molar-refractivity contribution is -0.116. The first kappa shape index (κ1) is 18.6. The number of carbonyl (C=O) groups is 3. The van der Waals surface area contributed by atoms with Gasteiger partial charge in [0.05, 0.1) is 16.8 Å². The number of rotatable bonds is 5. The molecule has 0 atom stereocenters. The van der Waals surface area contributed by atoms with Crippen molar-refractivity contribution in [1.82, 2.24) is 0 Å². The van der Waals surface area contributed by atoms with E-state index in [1.807, 2.05) is 31.2 Å². The fourth-order valence-corrected chi connectivity index (χ4v) is 3.38. The highest BCUT2D eigenvalue weighted by Gasteiger charge is 2.36. The van der Waals surface area contributed by atoms with E-state index in [2.05, 4.69) is 5.32 Å². The molecule has 1 aliphatic heterocycles. The summed E-state index contributed by atoms with van der Waals surface area (Å²) in [4.78, 5) is 38.8. The molecule has 0 radical (unpaired) electrons. The van der Waals surface area contributed by atoms with Crippen LogP contribution in [0.15, 0.2) is 72.8 Å². The Morgan fingerprint density at radius 1 is 0.862 bits per heavy atom. The molecular weight excluding hydrogens is 364 g/mol. The first-order valence-corrected chi connectivity index (χ1v) is 9.46. The number of carbonyl (C=O) groups excluding carboxylic acids is 3. The molecule has 1 N–H and O–H groups in total. The molecule has 3 aromatic carbocycles. The van der Waals surface area contributed by atoms with Crippen LogP contribution in [0.4, 0.5) is 11.4 Å². The number of benzene rings is 3. The Kier molecular flexibility index (Phi) is 4.96. The van der Waals surface area contributed by atoms with Crippen LogP contribution in [-0.4, -0.2) is 17.7 Å². The Morgan fingerprint density at radius 2 is 1.52 bits per heavy atom. The number of hydrogen-bond donors (Lipinski definition) is 1. The number of nitrogens with one attached hydrogen (secondary N) is 1. The van der Waals surface area contributed by atoms with Gasteiger partial charge in [0.25, 0.3) is 11.8 Å². The smallest absolute Gasteiger partial charge is 0.266 e. The zero-order chi connectivity index (χ0) is 20.4. The molecule has 4 rings (SSSR count). The number of anilines is 2. The summed E-state index contributed by atoms with van der Waals surface area (Å²) in [5.41, 5.74) is 4.06. The summed E-state index contributed by atoms with van der Waals surface area (Å²) in [6, 6.07) is 21.6. The van der Waals surface area contributed by atoms with Crippen LogP contribution < -0.4 is 10.2 Å². The highest BCUT2D eigenvalue weighted by atomic mass is 16.2. The van der Waals surface area contributed by atoms with Crippen LogP contribution in [0.5, 0.6) is 0 Å². The van der Waals surface area contributed by atoms with Gasteiger partial charge in [0.2, 0.25) is 5.91 Å². The zero-order valence-electron chi connectivity index (χ0n) is 16.0. The second-order valence-electron chi connectivity index (χ2n) is 7.08. The maximum absolute atomic E-state index is 12.6. The second-order valence-corrected chi connectivity index (χ2v) is 7.08. The second kappa shape index (κ2) is 7.72. The van der Waals surface area contributed by atoms with E-state index in [9.17, 15) is 14.4 Å². The van der Waals surface area contributed by atoms with Gasteiger partial charge < -0.3 is 5.32 Å². The van der Waals surface area contributed by atoms with Crippen LogP contribution in [0, 0.1) is 6.92 Å². The quantitative estimate of drug-likeness (QED) is 0.665. The van der Waals surface area contributed by atoms with Gasteiger partial charge in [-0.15, -0.1) is 0 Å². The van der Waals surface area contributed by atoms with Crippen molar-refractivity contribution in [2.24, 2.45) is 0 Å². The first-order valence-electron chi connectivity index (χ1n) is 9.46.